The number of furan rings is 1. The number of hydrogen-bond acceptors (Lipinski definition) is 8. The van der Waals surface area contributed by atoms with Gasteiger partial charge >= 0.3 is 5.91 Å². The highest BCUT2D eigenvalue weighted by atomic mass is 32.2. The molecule has 0 atom stereocenters. The number of amides is 1. The zero-order chi connectivity index (χ0) is 18.3. The molecule has 0 saturated heterocycles. The summed E-state index contributed by atoms with van der Waals surface area (Å²) in [4.78, 5) is 23.4. The summed E-state index contributed by atoms with van der Waals surface area (Å²) in [5.74, 6) is 0.462. The van der Waals surface area contributed by atoms with Gasteiger partial charge < -0.3 is 9.15 Å². The van der Waals surface area contributed by atoms with Gasteiger partial charge in [0.1, 0.15) is 4.83 Å². The van der Waals surface area contributed by atoms with Crippen molar-refractivity contribution in [1.82, 2.24) is 15.4 Å². The predicted octanol–water partition coefficient (Wildman–Crippen LogP) is 3.61. The Kier molecular flexibility index (Phi) is 4.37. The molecular weight excluding hydrogens is 372 g/mol. The number of carbonyl (C=O) groups excluding carboxylic acids is 1. The van der Waals surface area contributed by atoms with Gasteiger partial charge in [-0.05, 0) is 37.8 Å². The zero-order valence-corrected chi connectivity index (χ0v) is 16.2. The third-order valence-corrected chi connectivity index (χ3v) is 5.78. The minimum Gasteiger partial charge on any atom is -0.459 e. The number of thioether (sulfide) groups is 1. The van der Waals surface area contributed by atoms with Gasteiger partial charge in [0.2, 0.25) is 0 Å². The van der Waals surface area contributed by atoms with Crippen LogP contribution in [0.5, 0.6) is 0 Å². The molecule has 0 radical (unpaired) electrons. The van der Waals surface area contributed by atoms with Crippen LogP contribution in [0.2, 0.25) is 0 Å². The molecule has 0 unspecified atom stereocenters. The molecule has 0 spiro atoms. The molecule has 0 saturated carbocycles. The van der Waals surface area contributed by atoms with Gasteiger partial charge in [0, 0.05) is 11.3 Å². The normalized spacial score (nSPS) is 15.7. The van der Waals surface area contributed by atoms with Gasteiger partial charge in [0.05, 0.1) is 23.9 Å². The molecule has 3 aromatic rings. The summed E-state index contributed by atoms with van der Waals surface area (Å²) in [6, 6.07) is 3.27. The lowest BCUT2D eigenvalue weighted by molar-refractivity contribution is -0.0379. The predicted molar refractivity (Wildman–Crippen MR) is 102 cm³/mol. The van der Waals surface area contributed by atoms with Crippen LogP contribution in [0.25, 0.3) is 10.2 Å². The first-order valence-corrected chi connectivity index (χ1v) is 10.1. The first kappa shape index (κ1) is 17.3. The van der Waals surface area contributed by atoms with E-state index in [1.807, 2.05) is 6.26 Å². The molecule has 7 nitrogen and oxygen atoms in total. The third-order valence-electron chi connectivity index (χ3n) is 4.13. The Morgan fingerprint density at radius 1 is 1.38 bits per heavy atom. The van der Waals surface area contributed by atoms with Crippen molar-refractivity contribution < 1.29 is 13.9 Å². The van der Waals surface area contributed by atoms with Gasteiger partial charge in [0.25, 0.3) is 0 Å². The lowest BCUT2D eigenvalue weighted by Crippen LogP contribution is -2.32. The van der Waals surface area contributed by atoms with Crippen molar-refractivity contribution in [3.05, 3.63) is 34.6 Å². The summed E-state index contributed by atoms with van der Waals surface area (Å²) in [5, 5.41) is 1.59. The fourth-order valence-corrected chi connectivity index (χ4v) is 4.42. The van der Waals surface area contributed by atoms with Gasteiger partial charge in [-0.2, -0.15) is 0 Å². The molecule has 4 rings (SSSR count). The Morgan fingerprint density at radius 3 is 2.96 bits per heavy atom. The van der Waals surface area contributed by atoms with E-state index in [1.165, 1.54) is 23.6 Å². The second-order valence-electron chi connectivity index (χ2n) is 6.52. The topological polar surface area (TPSA) is 89.3 Å². The molecule has 0 fully saturated rings. The zero-order valence-electron chi connectivity index (χ0n) is 14.6. The quantitative estimate of drug-likeness (QED) is 0.399. The largest absolute Gasteiger partial charge is 0.459 e. The Hall–Kier alpha value is -2.10. The number of aromatic nitrogens is 2. The van der Waals surface area contributed by atoms with Crippen molar-refractivity contribution >= 4 is 45.0 Å². The lowest BCUT2D eigenvalue weighted by Gasteiger charge is -2.30. The number of fused-ring (bicyclic) bond motifs is 3. The van der Waals surface area contributed by atoms with E-state index in [1.54, 1.807) is 23.5 Å². The number of carbonyl (C=O) groups is 1. The van der Waals surface area contributed by atoms with E-state index in [-0.39, 0.29) is 17.3 Å². The molecule has 2 N–H and O–H groups in total. The summed E-state index contributed by atoms with van der Waals surface area (Å²) in [6.07, 6.45) is 4.15. The first-order valence-electron chi connectivity index (χ1n) is 8.07. The highest BCUT2D eigenvalue weighted by Crippen LogP contribution is 2.41. The van der Waals surface area contributed by atoms with E-state index in [4.69, 9.17) is 9.15 Å². The van der Waals surface area contributed by atoms with E-state index < -0.39 is 0 Å². The summed E-state index contributed by atoms with van der Waals surface area (Å²) in [7, 11) is 0. The Morgan fingerprint density at radius 2 is 2.23 bits per heavy atom. The number of anilines is 1. The molecule has 26 heavy (non-hydrogen) atoms. The van der Waals surface area contributed by atoms with Crippen LogP contribution < -0.4 is 10.9 Å². The van der Waals surface area contributed by atoms with Gasteiger partial charge in [-0.1, -0.05) is 11.8 Å². The second kappa shape index (κ2) is 6.57. The molecular formula is C17H18N4O3S2. The number of nitrogens with one attached hydrogen (secondary N) is 2. The molecule has 0 aliphatic carbocycles. The maximum atomic E-state index is 12.2. The van der Waals surface area contributed by atoms with Crippen molar-refractivity contribution in [2.45, 2.75) is 37.6 Å². The van der Waals surface area contributed by atoms with Crippen molar-refractivity contribution in [2.75, 3.05) is 11.7 Å². The molecule has 0 aromatic carbocycles. The Bertz CT molecular complexity index is 966. The number of hydrazine groups is 1. The number of rotatable bonds is 4. The molecule has 136 valence electrons. The monoisotopic (exact) mass is 390 g/mol. The molecule has 9 heteroatoms. The minimum absolute atomic E-state index is 0.231. The summed E-state index contributed by atoms with van der Waals surface area (Å²) >= 11 is 3.07. The van der Waals surface area contributed by atoms with Crippen LogP contribution in [0, 0.1) is 0 Å². The molecule has 4 heterocycles. The fraction of sp³-hybridized carbons (Fsp3) is 0.353. The summed E-state index contributed by atoms with van der Waals surface area (Å²) in [6.45, 7) is 4.71. The van der Waals surface area contributed by atoms with Crippen LogP contribution in [0.1, 0.15) is 34.8 Å². The average Bonchev–Trinajstić information content (AvgIpc) is 3.26. The number of nitrogens with zero attached hydrogens (tertiary/aromatic N) is 2. The molecule has 0 bridgehead atoms. The molecule has 1 aliphatic rings. The van der Waals surface area contributed by atoms with Gasteiger partial charge in [0.15, 0.2) is 16.7 Å². The Balaban J connectivity index is 1.72. The fourth-order valence-electron chi connectivity index (χ4n) is 2.89. The van der Waals surface area contributed by atoms with Crippen molar-refractivity contribution in [3.8, 4) is 0 Å². The highest BCUT2D eigenvalue weighted by Gasteiger charge is 2.31. The van der Waals surface area contributed by atoms with Gasteiger partial charge in [-0.3, -0.25) is 15.6 Å². The molecule has 1 aliphatic heterocycles. The van der Waals surface area contributed by atoms with Crippen molar-refractivity contribution in [1.29, 1.82) is 0 Å². The third kappa shape index (κ3) is 3.17. The van der Waals surface area contributed by atoms with Crippen LogP contribution in [0.4, 0.5) is 5.82 Å². The van der Waals surface area contributed by atoms with Crippen LogP contribution in [0.3, 0.4) is 0 Å². The van der Waals surface area contributed by atoms with E-state index in [9.17, 15) is 4.79 Å². The number of hydrogen-bond donors (Lipinski definition) is 2. The van der Waals surface area contributed by atoms with Crippen molar-refractivity contribution in [2.24, 2.45) is 0 Å². The smallest absolute Gasteiger partial charge is 0.305 e. The Labute approximate surface area is 158 Å². The van der Waals surface area contributed by atoms with Crippen LogP contribution in [-0.4, -0.2) is 27.7 Å². The lowest BCUT2D eigenvalue weighted by atomic mass is 9.94. The van der Waals surface area contributed by atoms with E-state index >= 15 is 0 Å². The van der Waals surface area contributed by atoms with E-state index in [2.05, 4.69) is 34.7 Å². The first-order chi connectivity index (χ1) is 12.5. The summed E-state index contributed by atoms with van der Waals surface area (Å²) in [5.41, 5.74) is 6.55. The van der Waals surface area contributed by atoms with Crippen molar-refractivity contribution in [3.63, 3.8) is 0 Å². The maximum Gasteiger partial charge on any atom is 0.305 e. The number of thiophene rings is 1. The van der Waals surface area contributed by atoms with E-state index in [0.29, 0.717) is 17.6 Å². The highest BCUT2D eigenvalue weighted by molar-refractivity contribution is 7.98. The van der Waals surface area contributed by atoms with E-state index in [0.717, 1.165) is 21.5 Å². The van der Waals surface area contributed by atoms with Gasteiger partial charge in [-0.15, -0.1) is 11.3 Å². The van der Waals surface area contributed by atoms with Gasteiger partial charge in [-0.25, -0.2) is 9.97 Å². The van der Waals surface area contributed by atoms with Crippen LogP contribution >= 0.6 is 23.1 Å². The maximum absolute atomic E-state index is 12.2. The van der Waals surface area contributed by atoms with Crippen LogP contribution in [-0.2, 0) is 17.8 Å². The summed E-state index contributed by atoms with van der Waals surface area (Å²) < 4.78 is 11.0. The molecule has 3 aromatic heterocycles. The second-order valence-corrected chi connectivity index (χ2v) is 8.38. The SMILES string of the molecule is CSc1nc(NNC(=O)c2ccco2)c2c3c(sc2n1)COC(C)(C)C3. The minimum atomic E-state index is -0.361. The van der Waals surface area contributed by atoms with Crippen LogP contribution in [0.15, 0.2) is 28.0 Å². The average molecular weight is 390 g/mol. The molecule has 1 amide bonds. The standard InChI is InChI=1S/C17H18N4O3S2/c1-17(2)7-9-11(8-24-17)26-15-12(9)13(18-16(19-15)25-3)20-21-14(22)10-5-4-6-23-10/h4-6H,7-8H2,1-3H3,(H,21,22)(H,18,19,20). The number of ether oxygens (including phenoxy) is 1.